The first-order chi connectivity index (χ1) is 12.6. The molecule has 2 aliphatic rings. The molecule has 4 rings (SSSR count). The minimum Gasteiger partial charge on any atom is -0.487 e. The molecule has 1 aromatic heterocycles. The van der Waals surface area contributed by atoms with Gasteiger partial charge in [-0.1, -0.05) is 6.07 Å². The molecule has 1 spiro atoms. The second-order valence-corrected chi connectivity index (χ2v) is 7.64. The molecule has 138 valence electrons. The van der Waals surface area contributed by atoms with E-state index in [1.165, 1.54) is 0 Å². The number of aryl methyl sites for hydroxylation is 1. The minimum atomic E-state index is -0.465. The SMILES string of the molecule is Cc1nc(COc2cccc(C(=O)N3CCC4(CC3)OCCO4)c2)cs1. The predicted molar refractivity (Wildman–Crippen MR) is 97.4 cm³/mol. The molecule has 2 aliphatic heterocycles. The number of hydrogen-bond acceptors (Lipinski definition) is 6. The number of carbonyl (C=O) groups is 1. The van der Waals surface area contributed by atoms with E-state index in [-0.39, 0.29) is 5.91 Å². The number of rotatable bonds is 4. The molecule has 0 bridgehead atoms. The molecule has 0 aliphatic carbocycles. The molecule has 0 saturated carbocycles. The van der Waals surface area contributed by atoms with Gasteiger partial charge < -0.3 is 19.1 Å². The lowest BCUT2D eigenvalue weighted by molar-refractivity contribution is -0.181. The van der Waals surface area contributed by atoms with Crippen LogP contribution in [0.1, 0.15) is 33.9 Å². The normalized spacial score (nSPS) is 19.0. The highest BCUT2D eigenvalue weighted by atomic mass is 32.1. The van der Waals surface area contributed by atoms with Crippen molar-refractivity contribution < 1.29 is 19.0 Å². The highest BCUT2D eigenvalue weighted by molar-refractivity contribution is 7.09. The molecule has 7 heteroatoms. The summed E-state index contributed by atoms with van der Waals surface area (Å²) in [5.74, 6) is 0.234. The number of hydrogen-bond donors (Lipinski definition) is 0. The van der Waals surface area contributed by atoms with Crippen molar-refractivity contribution in [2.75, 3.05) is 26.3 Å². The van der Waals surface area contributed by atoms with Gasteiger partial charge in [0, 0.05) is 36.9 Å². The summed E-state index contributed by atoms with van der Waals surface area (Å²) in [7, 11) is 0. The van der Waals surface area contributed by atoms with Crippen LogP contribution >= 0.6 is 11.3 Å². The van der Waals surface area contributed by atoms with Gasteiger partial charge in [-0.15, -0.1) is 11.3 Å². The quantitative estimate of drug-likeness (QED) is 0.823. The lowest BCUT2D eigenvalue weighted by Gasteiger charge is -2.37. The Morgan fingerprint density at radius 3 is 2.77 bits per heavy atom. The molecular formula is C19H22N2O4S. The Hall–Kier alpha value is -1.96. The average Bonchev–Trinajstić information content (AvgIpc) is 3.30. The number of aromatic nitrogens is 1. The van der Waals surface area contributed by atoms with E-state index < -0.39 is 5.79 Å². The van der Waals surface area contributed by atoms with Crippen LogP contribution in [-0.2, 0) is 16.1 Å². The summed E-state index contributed by atoms with van der Waals surface area (Å²) in [6, 6.07) is 7.34. The van der Waals surface area contributed by atoms with Crippen molar-refractivity contribution in [2.24, 2.45) is 0 Å². The Balaban J connectivity index is 1.37. The van der Waals surface area contributed by atoms with Gasteiger partial charge in [-0.25, -0.2) is 4.98 Å². The molecule has 3 heterocycles. The summed E-state index contributed by atoms with van der Waals surface area (Å²) in [6.45, 7) is 4.95. The van der Waals surface area contributed by atoms with Crippen LogP contribution in [0, 0.1) is 6.92 Å². The number of likely N-dealkylation sites (tertiary alicyclic amines) is 1. The van der Waals surface area contributed by atoms with E-state index in [0.29, 0.717) is 44.2 Å². The van der Waals surface area contributed by atoms with Gasteiger partial charge in [0.05, 0.1) is 23.9 Å². The van der Waals surface area contributed by atoms with Gasteiger partial charge in [-0.3, -0.25) is 4.79 Å². The van der Waals surface area contributed by atoms with E-state index in [0.717, 1.165) is 23.5 Å². The zero-order valence-electron chi connectivity index (χ0n) is 14.8. The monoisotopic (exact) mass is 374 g/mol. The van der Waals surface area contributed by atoms with Crippen molar-refractivity contribution >= 4 is 17.2 Å². The van der Waals surface area contributed by atoms with Gasteiger partial charge in [0.1, 0.15) is 12.4 Å². The van der Waals surface area contributed by atoms with Crippen LogP contribution < -0.4 is 4.74 Å². The average molecular weight is 374 g/mol. The van der Waals surface area contributed by atoms with Gasteiger partial charge in [-0.2, -0.15) is 0 Å². The first-order valence-corrected chi connectivity index (χ1v) is 9.73. The van der Waals surface area contributed by atoms with Crippen molar-refractivity contribution in [1.29, 1.82) is 0 Å². The van der Waals surface area contributed by atoms with E-state index in [2.05, 4.69) is 4.98 Å². The number of ether oxygens (including phenoxy) is 3. The number of amides is 1. The summed E-state index contributed by atoms with van der Waals surface area (Å²) < 4.78 is 17.2. The minimum absolute atomic E-state index is 0.0211. The second kappa shape index (κ2) is 7.34. The first kappa shape index (κ1) is 17.5. The van der Waals surface area contributed by atoms with E-state index in [4.69, 9.17) is 14.2 Å². The molecule has 0 N–H and O–H groups in total. The summed E-state index contributed by atoms with van der Waals surface area (Å²) in [4.78, 5) is 19.1. The first-order valence-electron chi connectivity index (χ1n) is 8.85. The fourth-order valence-corrected chi connectivity index (χ4v) is 3.97. The number of thiazole rings is 1. The Kier molecular flexibility index (Phi) is 4.93. The highest BCUT2D eigenvalue weighted by Gasteiger charge is 2.40. The maximum atomic E-state index is 12.8. The van der Waals surface area contributed by atoms with Crippen LogP contribution in [0.2, 0.25) is 0 Å². The van der Waals surface area contributed by atoms with Crippen LogP contribution in [-0.4, -0.2) is 47.9 Å². The molecule has 1 aromatic carbocycles. The standard InChI is InChI=1S/C19H22N2O4S/c1-14-20-16(13-26-14)12-23-17-4-2-3-15(11-17)18(22)21-7-5-19(6-8-21)24-9-10-25-19/h2-4,11,13H,5-10,12H2,1H3. The number of benzene rings is 1. The maximum Gasteiger partial charge on any atom is 0.253 e. The van der Waals surface area contributed by atoms with E-state index in [1.807, 2.05) is 35.4 Å². The van der Waals surface area contributed by atoms with Crippen LogP contribution in [0.5, 0.6) is 5.75 Å². The molecule has 0 radical (unpaired) electrons. The zero-order chi connectivity index (χ0) is 18.0. The summed E-state index contributed by atoms with van der Waals surface area (Å²) >= 11 is 1.60. The van der Waals surface area contributed by atoms with Gasteiger partial charge in [0.15, 0.2) is 5.79 Å². The fraction of sp³-hybridized carbons (Fsp3) is 0.474. The number of nitrogens with zero attached hydrogens (tertiary/aromatic N) is 2. The molecule has 26 heavy (non-hydrogen) atoms. The smallest absolute Gasteiger partial charge is 0.253 e. The zero-order valence-corrected chi connectivity index (χ0v) is 15.6. The topological polar surface area (TPSA) is 60.9 Å². The van der Waals surface area contributed by atoms with Crippen molar-refractivity contribution in [2.45, 2.75) is 32.2 Å². The van der Waals surface area contributed by atoms with E-state index in [1.54, 1.807) is 17.4 Å². The summed E-state index contributed by atoms with van der Waals surface area (Å²) in [5.41, 5.74) is 1.54. The second-order valence-electron chi connectivity index (χ2n) is 6.57. The molecule has 6 nitrogen and oxygen atoms in total. The summed E-state index contributed by atoms with van der Waals surface area (Å²) in [6.07, 6.45) is 1.44. The maximum absolute atomic E-state index is 12.8. The molecule has 2 fully saturated rings. The van der Waals surface area contributed by atoms with E-state index in [9.17, 15) is 4.79 Å². The Labute approximate surface area is 156 Å². The third kappa shape index (κ3) is 3.75. The third-order valence-corrected chi connectivity index (χ3v) is 5.58. The number of carbonyl (C=O) groups excluding carboxylic acids is 1. The van der Waals surface area contributed by atoms with Crippen LogP contribution in [0.15, 0.2) is 29.6 Å². The third-order valence-electron chi connectivity index (χ3n) is 4.76. The Bertz CT molecular complexity index is 775. The molecule has 2 saturated heterocycles. The van der Waals surface area contributed by atoms with Crippen LogP contribution in [0.25, 0.3) is 0 Å². The predicted octanol–water partition coefficient (Wildman–Crippen LogP) is 3.01. The molecule has 1 amide bonds. The fourth-order valence-electron chi connectivity index (χ4n) is 3.37. The molecule has 0 unspecified atom stereocenters. The Morgan fingerprint density at radius 1 is 1.31 bits per heavy atom. The van der Waals surface area contributed by atoms with Gasteiger partial charge in [-0.05, 0) is 25.1 Å². The van der Waals surface area contributed by atoms with Crippen molar-refractivity contribution in [3.05, 3.63) is 45.9 Å². The summed E-state index contributed by atoms with van der Waals surface area (Å²) in [5, 5.41) is 3.01. The van der Waals surface area contributed by atoms with E-state index >= 15 is 0 Å². The molecule has 0 atom stereocenters. The number of piperidine rings is 1. The lowest BCUT2D eigenvalue weighted by atomic mass is 10.0. The van der Waals surface area contributed by atoms with Gasteiger partial charge >= 0.3 is 0 Å². The van der Waals surface area contributed by atoms with Gasteiger partial charge in [0.2, 0.25) is 0 Å². The van der Waals surface area contributed by atoms with Crippen molar-refractivity contribution in [3.63, 3.8) is 0 Å². The van der Waals surface area contributed by atoms with Crippen LogP contribution in [0.4, 0.5) is 0 Å². The van der Waals surface area contributed by atoms with Crippen molar-refractivity contribution in [3.8, 4) is 5.75 Å². The van der Waals surface area contributed by atoms with Gasteiger partial charge in [0.25, 0.3) is 5.91 Å². The van der Waals surface area contributed by atoms with Crippen LogP contribution in [0.3, 0.4) is 0 Å². The van der Waals surface area contributed by atoms with Crippen molar-refractivity contribution in [1.82, 2.24) is 9.88 Å². The largest absolute Gasteiger partial charge is 0.487 e. The lowest BCUT2D eigenvalue weighted by Crippen LogP contribution is -2.47. The highest BCUT2D eigenvalue weighted by Crippen LogP contribution is 2.32. The molecular weight excluding hydrogens is 352 g/mol. The molecule has 2 aromatic rings. The Morgan fingerprint density at radius 2 is 2.08 bits per heavy atom.